The summed E-state index contributed by atoms with van der Waals surface area (Å²) in [5.41, 5.74) is 7.15. The Bertz CT molecular complexity index is 652. The minimum absolute atomic E-state index is 0.260. The topological polar surface area (TPSA) is 81.2 Å². The molecule has 1 heterocycles. The molecule has 1 amide bonds. The lowest BCUT2D eigenvalue weighted by atomic mass is 10.2. The van der Waals surface area contributed by atoms with Gasteiger partial charge < -0.3 is 15.5 Å². The Balaban J connectivity index is 2.07. The van der Waals surface area contributed by atoms with E-state index in [1.807, 2.05) is 6.92 Å². The summed E-state index contributed by atoms with van der Waals surface area (Å²) in [6, 6.07) is 3.05. The molecule has 1 unspecified atom stereocenters. The summed E-state index contributed by atoms with van der Waals surface area (Å²) in [6.07, 6.45) is 1.53. The Morgan fingerprint density at radius 1 is 1.43 bits per heavy atom. The second kappa shape index (κ2) is 6.60. The van der Waals surface area contributed by atoms with Crippen molar-refractivity contribution in [1.82, 2.24) is 4.98 Å². The molecule has 3 N–H and O–H groups in total. The highest BCUT2D eigenvalue weighted by molar-refractivity contribution is 8.00. The van der Waals surface area contributed by atoms with Gasteiger partial charge in [0.25, 0.3) is 5.22 Å². The number of hydrogen-bond donors (Lipinski definition) is 2. The van der Waals surface area contributed by atoms with E-state index in [4.69, 9.17) is 33.4 Å². The van der Waals surface area contributed by atoms with E-state index < -0.39 is 5.25 Å². The van der Waals surface area contributed by atoms with Gasteiger partial charge in [-0.25, -0.2) is 4.98 Å². The molecule has 1 aromatic heterocycles. The first-order valence-corrected chi connectivity index (χ1v) is 7.64. The van der Waals surface area contributed by atoms with Crippen molar-refractivity contribution in [2.75, 3.05) is 11.1 Å². The number of aryl methyl sites for hydroxylation is 1. The van der Waals surface area contributed by atoms with Gasteiger partial charge in [0.15, 0.2) is 0 Å². The molecular weight excluding hydrogens is 333 g/mol. The molecule has 21 heavy (non-hydrogen) atoms. The predicted molar refractivity (Wildman–Crippen MR) is 86.1 cm³/mol. The molecule has 0 radical (unpaired) electrons. The third-order valence-electron chi connectivity index (χ3n) is 2.56. The van der Waals surface area contributed by atoms with E-state index in [9.17, 15) is 4.79 Å². The number of benzene rings is 1. The summed E-state index contributed by atoms with van der Waals surface area (Å²) in [6.45, 7) is 3.55. The summed E-state index contributed by atoms with van der Waals surface area (Å²) in [4.78, 5) is 16.3. The largest absolute Gasteiger partial charge is 0.440 e. The molecule has 5 nitrogen and oxygen atoms in total. The Morgan fingerprint density at radius 3 is 2.57 bits per heavy atom. The lowest BCUT2D eigenvalue weighted by Gasteiger charge is -2.13. The van der Waals surface area contributed by atoms with E-state index in [0.29, 0.717) is 16.6 Å². The number of oxazole rings is 1. The van der Waals surface area contributed by atoms with E-state index in [1.165, 1.54) is 30.2 Å². The van der Waals surface area contributed by atoms with Gasteiger partial charge in [0.2, 0.25) is 5.91 Å². The van der Waals surface area contributed by atoms with E-state index in [1.54, 1.807) is 6.92 Å². The fraction of sp³-hybridized carbons (Fsp3) is 0.231. The van der Waals surface area contributed by atoms with Crippen LogP contribution in [0.2, 0.25) is 10.0 Å². The fourth-order valence-corrected chi connectivity index (χ4v) is 2.90. The lowest BCUT2D eigenvalue weighted by Crippen LogP contribution is -2.22. The Labute approximate surface area is 136 Å². The van der Waals surface area contributed by atoms with Crippen LogP contribution in [0.1, 0.15) is 12.6 Å². The first kappa shape index (κ1) is 16.0. The first-order valence-electron chi connectivity index (χ1n) is 6.01. The van der Waals surface area contributed by atoms with Gasteiger partial charge in [0.05, 0.1) is 26.7 Å². The molecule has 1 atom stereocenters. The summed E-state index contributed by atoms with van der Waals surface area (Å²) in [5.74, 6) is -0.260. The monoisotopic (exact) mass is 345 g/mol. The van der Waals surface area contributed by atoms with Crippen molar-refractivity contribution in [2.45, 2.75) is 24.3 Å². The number of hydrogen-bond acceptors (Lipinski definition) is 5. The smallest absolute Gasteiger partial charge is 0.256 e. The molecule has 8 heteroatoms. The van der Waals surface area contributed by atoms with Crippen LogP contribution in [0, 0.1) is 6.92 Å². The second-order valence-corrected chi connectivity index (χ2v) is 6.47. The van der Waals surface area contributed by atoms with Gasteiger partial charge in [-0.15, -0.1) is 0 Å². The van der Waals surface area contributed by atoms with Crippen LogP contribution < -0.4 is 11.1 Å². The van der Waals surface area contributed by atoms with Crippen LogP contribution in [-0.4, -0.2) is 16.1 Å². The molecule has 0 aliphatic rings. The number of nitrogens with two attached hydrogens (primary N) is 1. The number of nitrogens with one attached hydrogen (secondary N) is 1. The standard InChI is InChI=1S/C13H13Cl2N3O2S/c1-6-5-20-13(17-6)21-7(2)12(19)18-11-9(14)3-8(16)4-10(11)15/h3-5,7H,16H2,1-2H3,(H,18,19). The number of anilines is 2. The number of carbonyl (C=O) groups is 1. The molecule has 0 aliphatic heterocycles. The van der Waals surface area contributed by atoms with Crippen LogP contribution in [0.4, 0.5) is 11.4 Å². The Hall–Kier alpha value is -1.37. The van der Waals surface area contributed by atoms with Crippen molar-refractivity contribution >= 4 is 52.2 Å². The van der Waals surface area contributed by atoms with Gasteiger partial charge >= 0.3 is 0 Å². The van der Waals surface area contributed by atoms with Crippen molar-refractivity contribution in [1.29, 1.82) is 0 Å². The van der Waals surface area contributed by atoms with Gasteiger partial charge in [-0.1, -0.05) is 35.0 Å². The average Bonchev–Trinajstić information content (AvgIpc) is 2.78. The minimum atomic E-state index is -0.423. The molecule has 0 spiro atoms. The van der Waals surface area contributed by atoms with Crippen molar-refractivity contribution in [3.05, 3.63) is 34.1 Å². The molecule has 2 rings (SSSR count). The van der Waals surface area contributed by atoms with Gasteiger partial charge in [-0.2, -0.15) is 0 Å². The van der Waals surface area contributed by atoms with Crippen LogP contribution in [-0.2, 0) is 4.79 Å². The average molecular weight is 346 g/mol. The maximum atomic E-state index is 12.2. The summed E-state index contributed by atoms with van der Waals surface area (Å²) < 4.78 is 5.20. The molecule has 112 valence electrons. The molecule has 0 aliphatic carbocycles. The van der Waals surface area contributed by atoms with E-state index in [0.717, 1.165) is 5.69 Å². The third kappa shape index (κ3) is 4.06. The summed E-state index contributed by atoms with van der Waals surface area (Å²) in [5, 5.41) is 3.27. The SMILES string of the molecule is Cc1coc(SC(C)C(=O)Nc2c(Cl)cc(N)cc2Cl)n1. The Kier molecular flexibility index (Phi) is 5.03. The zero-order chi connectivity index (χ0) is 15.6. The minimum Gasteiger partial charge on any atom is -0.440 e. The maximum absolute atomic E-state index is 12.2. The maximum Gasteiger partial charge on any atom is 0.256 e. The van der Waals surface area contributed by atoms with Crippen LogP contribution >= 0.6 is 35.0 Å². The van der Waals surface area contributed by atoms with E-state index in [2.05, 4.69) is 10.3 Å². The van der Waals surface area contributed by atoms with Gasteiger partial charge in [0, 0.05) is 5.69 Å². The van der Waals surface area contributed by atoms with Gasteiger partial charge in [0.1, 0.15) is 6.26 Å². The number of rotatable bonds is 4. The predicted octanol–water partition coefficient (Wildman–Crippen LogP) is 3.99. The summed E-state index contributed by atoms with van der Waals surface area (Å²) >= 11 is 13.3. The molecule has 0 fully saturated rings. The number of nitrogen functional groups attached to an aromatic ring is 1. The van der Waals surface area contributed by atoms with E-state index >= 15 is 0 Å². The molecule has 1 aromatic carbocycles. The van der Waals surface area contributed by atoms with Crippen molar-refractivity contribution in [2.24, 2.45) is 0 Å². The van der Waals surface area contributed by atoms with Gasteiger partial charge in [-0.3, -0.25) is 4.79 Å². The van der Waals surface area contributed by atoms with Crippen LogP contribution in [0.15, 0.2) is 28.0 Å². The second-order valence-electron chi connectivity index (χ2n) is 4.36. The van der Waals surface area contributed by atoms with Crippen molar-refractivity contribution in [3.8, 4) is 0 Å². The zero-order valence-corrected chi connectivity index (χ0v) is 13.6. The molecule has 0 saturated carbocycles. The van der Waals surface area contributed by atoms with Crippen molar-refractivity contribution < 1.29 is 9.21 Å². The highest BCUT2D eigenvalue weighted by Crippen LogP contribution is 2.33. The molecule has 0 bridgehead atoms. The number of thioether (sulfide) groups is 1. The zero-order valence-electron chi connectivity index (χ0n) is 11.3. The first-order chi connectivity index (χ1) is 9.86. The van der Waals surface area contributed by atoms with E-state index in [-0.39, 0.29) is 16.0 Å². The van der Waals surface area contributed by atoms with Crippen molar-refractivity contribution in [3.63, 3.8) is 0 Å². The number of amides is 1. The highest BCUT2D eigenvalue weighted by Gasteiger charge is 2.19. The quantitative estimate of drug-likeness (QED) is 0.646. The Morgan fingerprint density at radius 2 is 2.05 bits per heavy atom. The van der Waals surface area contributed by atoms with Gasteiger partial charge in [-0.05, 0) is 26.0 Å². The lowest BCUT2D eigenvalue weighted by molar-refractivity contribution is -0.115. The third-order valence-corrected chi connectivity index (χ3v) is 4.11. The number of nitrogens with zero attached hydrogens (tertiary/aromatic N) is 1. The molecule has 2 aromatic rings. The van der Waals surface area contributed by atoms with Crippen LogP contribution in [0.25, 0.3) is 0 Å². The van der Waals surface area contributed by atoms with Crippen LogP contribution in [0.5, 0.6) is 0 Å². The number of halogens is 2. The molecular formula is C13H13Cl2N3O2S. The highest BCUT2D eigenvalue weighted by atomic mass is 35.5. The van der Waals surface area contributed by atoms with Crippen LogP contribution in [0.3, 0.4) is 0 Å². The summed E-state index contributed by atoms with van der Waals surface area (Å²) in [7, 11) is 0. The number of carbonyl (C=O) groups excluding carboxylic acids is 1. The fourth-order valence-electron chi connectivity index (χ4n) is 1.53. The normalized spacial score (nSPS) is 12.2. The molecule has 0 saturated heterocycles. The number of aromatic nitrogens is 1.